The van der Waals surface area contributed by atoms with Crippen molar-refractivity contribution in [3.05, 3.63) is 41.8 Å². The third-order valence-electron chi connectivity index (χ3n) is 2.29. The summed E-state index contributed by atoms with van der Waals surface area (Å²) < 4.78 is 15.5. The molecule has 2 rings (SSSR count). The van der Waals surface area contributed by atoms with Gasteiger partial charge < -0.3 is 19.1 Å². The number of rotatable bonds is 5. The second-order valence-electron chi connectivity index (χ2n) is 3.46. The van der Waals surface area contributed by atoms with E-state index in [-0.39, 0.29) is 6.61 Å². The van der Waals surface area contributed by atoms with Crippen LogP contribution >= 0.6 is 0 Å². The van der Waals surface area contributed by atoms with Gasteiger partial charge in [-0.2, -0.15) is 0 Å². The maximum atomic E-state index is 9.06. The highest BCUT2D eigenvalue weighted by Gasteiger charge is 2.06. The Hall–Kier alpha value is -2.01. The van der Waals surface area contributed by atoms with Crippen molar-refractivity contribution in [2.24, 2.45) is 0 Å². The van der Waals surface area contributed by atoms with Gasteiger partial charge in [-0.3, -0.25) is 0 Å². The highest BCUT2D eigenvalue weighted by Crippen LogP contribution is 2.28. The van der Waals surface area contributed by atoms with E-state index in [1.165, 1.54) is 6.26 Å². The van der Waals surface area contributed by atoms with E-state index in [0.29, 0.717) is 18.1 Å². The molecule has 0 radical (unpaired) electrons. The van der Waals surface area contributed by atoms with Crippen LogP contribution in [0, 0.1) is 0 Å². The molecule has 0 spiro atoms. The fourth-order valence-corrected chi connectivity index (χ4v) is 1.39. The van der Waals surface area contributed by atoms with Crippen molar-refractivity contribution in [3.63, 3.8) is 0 Å². The molecule has 0 atom stereocenters. The fourth-order valence-electron chi connectivity index (χ4n) is 1.39. The zero-order valence-electron chi connectivity index (χ0n) is 9.42. The van der Waals surface area contributed by atoms with Crippen LogP contribution in [0.3, 0.4) is 0 Å². The van der Waals surface area contributed by atoms with Crippen molar-refractivity contribution in [2.75, 3.05) is 7.11 Å². The average molecular weight is 235 g/mol. The van der Waals surface area contributed by atoms with Crippen LogP contribution in [0.25, 0.3) is 0 Å². The lowest BCUT2D eigenvalue weighted by Crippen LogP contribution is -1.97. The first-order valence-electron chi connectivity index (χ1n) is 5.12. The lowest BCUT2D eigenvalue weighted by atomic mass is 10.2. The van der Waals surface area contributed by atoms with Gasteiger partial charge in [-0.1, -0.05) is 11.2 Å². The first-order valence-corrected chi connectivity index (χ1v) is 5.12. The summed E-state index contributed by atoms with van der Waals surface area (Å²) in [6.45, 7) is 0.308. The molecular formula is C12H13NO4. The summed E-state index contributed by atoms with van der Waals surface area (Å²) in [6.07, 6.45) is 3.10. The van der Waals surface area contributed by atoms with Crippen LogP contribution in [-0.2, 0) is 13.2 Å². The van der Waals surface area contributed by atoms with E-state index in [2.05, 4.69) is 5.16 Å². The number of methoxy groups -OCH3 is 1. The van der Waals surface area contributed by atoms with Gasteiger partial charge in [-0.25, -0.2) is 0 Å². The largest absolute Gasteiger partial charge is 0.493 e. The minimum Gasteiger partial charge on any atom is -0.493 e. The van der Waals surface area contributed by atoms with E-state index in [1.807, 2.05) is 0 Å². The predicted molar refractivity (Wildman–Crippen MR) is 59.8 cm³/mol. The maximum absolute atomic E-state index is 9.06. The van der Waals surface area contributed by atoms with Crippen molar-refractivity contribution in [1.82, 2.24) is 5.16 Å². The lowest BCUT2D eigenvalue weighted by molar-refractivity contribution is 0.271. The summed E-state index contributed by atoms with van der Waals surface area (Å²) in [5.41, 5.74) is 1.60. The van der Waals surface area contributed by atoms with Crippen LogP contribution in [0.2, 0.25) is 0 Å². The van der Waals surface area contributed by atoms with Crippen molar-refractivity contribution in [3.8, 4) is 11.5 Å². The molecule has 90 valence electrons. The Morgan fingerprint density at radius 3 is 2.82 bits per heavy atom. The molecular weight excluding hydrogens is 222 g/mol. The topological polar surface area (TPSA) is 64.7 Å². The standard InChI is InChI=1S/C12H13NO4/c1-15-11-3-2-9(6-14)4-12(11)16-7-10-5-13-17-8-10/h2-5,8,14H,6-7H2,1H3. The van der Waals surface area contributed by atoms with Gasteiger partial charge in [0.25, 0.3) is 0 Å². The van der Waals surface area contributed by atoms with E-state index >= 15 is 0 Å². The Morgan fingerprint density at radius 2 is 2.18 bits per heavy atom. The Kier molecular flexibility index (Phi) is 3.62. The quantitative estimate of drug-likeness (QED) is 0.855. The van der Waals surface area contributed by atoms with Gasteiger partial charge in [-0.15, -0.1) is 0 Å². The van der Waals surface area contributed by atoms with Gasteiger partial charge in [0, 0.05) is 5.56 Å². The number of hydrogen-bond donors (Lipinski definition) is 1. The van der Waals surface area contributed by atoms with E-state index in [0.717, 1.165) is 11.1 Å². The second-order valence-corrected chi connectivity index (χ2v) is 3.46. The molecule has 2 aromatic rings. The van der Waals surface area contributed by atoms with E-state index in [9.17, 15) is 0 Å². The van der Waals surface area contributed by atoms with Crippen LogP contribution in [0.15, 0.2) is 35.2 Å². The third kappa shape index (κ3) is 2.76. The molecule has 0 saturated heterocycles. The first-order chi connectivity index (χ1) is 8.33. The van der Waals surface area contributed by atoms with Crippen LogP contribution in [0.1, 0.15) is 11.1 Å². The van der Waals surface area contributed by atoms with E-state index < -0.39 is 0 Å². The number of nitrogens with zero attached hydrogens (tertiary/aromatic N) is 1. The van der Waals surface area contributed by atoms with Gasteiger partial charge >= 0.3 is 0 Å². The fraction of sp³-hybridized carbons (Fsp3) is 0.250. The normalized spacial score (nSPS) is 10.2. The minimum atomic E-state index is -0.0341. The maximum Gasteiger partial charge on any atom is 0.162 e. The number of aromatic nitrogens is 1. The van der Waals surface area contributed by atoms with Crippen molar-refractivity contribution < 1.29 is 19.1 Å². The zero-order chi connectivity index (χ0) is 12.1. The number of benzene rings is 1. The van der Waals surface area contributed by atoms with E-state index in [1.54, 1.807) is 31.5 Å². The summed E-state index contributed by atoms with van der Waals surface area (Å²) in [7, 11) is 1.57. The molecule has 1 aromatic carbocycles. The first kappa shape index (κ1) is 11.5. The van der Waals surface area contributed by atoms with Crippen molar-refractivity contribution in [2.45, 2.75) is 13.2 Å². The molecule has 0 bridgehead atoms. The Balaban J connectivity index is 2.12. The summed E-state index contributed by atoms with van der Waals surface area (Å²) in [5, 5.41) is 12.6. The number of aliphatic hydroxyl groups excluding tert-OH is 1. The van der Waals surface area contributed by atoms with Crippen LogP contribution in [-0.4, -0.2) is 17.4 Å². The second kappa shape index (κ2) is 5.36. The number of ether oxygens (including phenoxy) is 2. The third-order valence-corrected chi connectivity index (χ3v) is 2.29. The molecule has 0 unspecified atom stereocenters. The summed E-state index contributed by atoms with van der Waals surface area (Å²) in [6, 6.07) is 5.28. The van der Waals surface area contributed by atoms with Crippen LogP contribution in [0.5, 0.6) is 11.5 Å². The Morgan fingerprint density at radius 1 is 1.29 bits per heavy atom. The molecule has 0 aliphatic rings. The SMILES string of the molecule is COc1ccc(CO)cc1OCc1cnoc1. The number of aliphatic hydroxyl groups is 1. The highest BCUT2D eigenvalue weighted by molar-refractivity contribution is 5.42. The van der Waals surface area contributed by atoms with Gasteiger partial charge in [0.05, 0.1) is 19.9 Å². The molecule has 1 N–H and O–H groups in total. The average Bonchev–Trinajstić information content (AvgIpc) is 2.89. The van der Waals surface area contributed by atoms with Crippen LogP contribution < -0.4 is 9.47 Å². The molecule has 5 heteroatoms. The van der Waals surface area contributed by atoms with Gasteiger partial charge in [0.1, 0.15) is 12.9 Å². The summed E-state index contributed by atoms with van der Waals surface area (Å²) >= 11 is 0. The van der Waals surface area contributed by atoms with Gasteiger partial charge in [-0.05, 0) is 17.7 Å². The van der Waals surface area contributed by atoms with Gasteiger partial charge in [0.15, 0.2) is 11.5 Å². The molecule has 5 nitrogen and oxygen atoms in total. The molecule has 1 aromatic heterocycles. The van der Waals surface area contributed by atoms with Gasteiger partial charge in [0.2, 0.25) is 0 Å². The Labute approximate surface area is 98.6 Å². The summed E-state index contributed by atoms with van der Waals surface area (Å²) in [5.74, 6) is 1.21. The number of hydrogen-bond acceptors (Lipinski definition) is 5. The molecule has 0 aliphatic heterocycles. The Bertz CT molecular complexity index is 467. The summed E-state index contributed by atoms with van der Waals surface area (Å²) in [4.78, 5) is 0. The zero-order valence-corrected chi connectivity index (χ0v) is 9.42. The molecule has 0 saturated carbocycles. The smallest absolute Gasteiger partial charge is 0.162 e. The monoisotopic (exact) mass is 235 g/mol. The predicted octanol–water partition coefficient (Wildman–Crippen LogP) is 1.75. The van der Waals surface area contributed by atoms with E-state index in [4.69, 9.17) is 19.1 Å². The molecule has 0 fully saturated rings. The lowest BCUT2D eigenvalue weighted by Gasteiger charge is -2.10. The van der Waals surface area contributed by atoms with Crippen LogP contribution in [0.4, 0.5) is 0 Å². The minimum absolute atomic E-state index is 0.0341. The highest BCUT2D eigenvalue weighted by atomic mass is 16.5. The van der Waals surface area contributed by atoms with Crippen molar-refractivity contribution >= 4 is 0 Å². The molecule has 1 heterocycles. The molecule has 0 aliphatic carbocycles. The van der Waals surface area contributed by atoms with Crippen molar-refractivity contribution in [1.29, 1.82) is 0 Å². The molecule has 17 heavy (non-hydrogen) atoms. The molecule has 0 amide bonds.